The highest BCUT2D eigenvalue weighted by atomic mass is 32.2. The molecule has 0 spiro atoms. The Morgan fingerprint density at radius 1 is 1.24 bits per heavy atom. The van der Waals surface area contributed by atoms with Gasteiger partial charge in [-0.3, -0.25) is 0 Å². The van der Waals surface area contributed by atoms with Crippen LogP contribution in [0.1, 0.15) is 59.8 Å². The first kappa shape index (κ1) is 18.9. The number of piperidine rings is 1. The van der Waals surface area contributed by atoms with Crippen LogP contribution in [0.4, 0.5) is 0 Å². The van der Waals surface area contributed by atoms with Crippen LogP contribution < -0.4 is 5.32 Å². The zero-order valence-corrected chi connectivity index (χ0v) is 15.1. The van der Waals surface area contributed by atoms with Gasteiger partial charge in [-0.2, -0.15) is 17.0 Å². The zero-order valence-electron chi connectivity index (χ0n) is 14.3. The van der Waals surface area contributed by atoms with Crippen molar-refractivity contribution in [2.24, 2.45) is 0 Å². The van der Waals surface area contributed by atoms with Gasteiger partial charge in [-0.15, -0.1) is 0 Å². The van der Waals surface area contributed by atoms with E-state index in [9.17, 15) is 8.42 Å². The van der Waals surface area contributed by atoms with Crippen molar-refractivity contribution in [2.45, 2.75) is 77.9 Å². The summed E-state index contributed by atoms with van der Waals surface area (Å²) in [5.41, 5.74) is 0. The summed E-state index contributed by atoms with van der Waals surface area (Å²) < 4.78 is 29.2. The van der Waals surface area contributed by atoms with Gasteiger partial charge < -0.3 is 5.32 Å². The van der Waals surface area contributed by atoms with Crippen molar-refractivity contribution in [3.8, 4) is 0 Å². The molecule has 0 aliphatic carbocycles. The Labute approximate surface area is 131 Å². The molecular formula is C15H33N3O2S. The van der Waals surface area contributed by atoms with Crippen LogP contribution >= 0.6 is 0 Å². The summed E-state index contributed by atoms with van der Waals surface area (Å²) in [6, 6.07) is 0.562. The molecule has 126 valence electrons. The summed E-state index contributed by atoms with van der Waals surface area (Å²) in [5.74, 6) is 0. The second-order valence-corrected chi connectivity index (χ2v) is 8.26. The molecule has 1 heterocycles. The topological polar surface area (TPSA) is 52.7 Å². The molecule has 1 aliphatic heterocycles. The van der Waals surface area contributed by atoms with Gasteiger partial charge >= 0.3 is 0 Å². The largest absolute Gasteiger partial charge is 0.313 e. The molecule has 0 saturated carbocycles. The van der Waals surface area contributed by atoms with Gasteiger partial charge in [-0.25, -0.2) is 0 Å². The van der Waals surface area contributed by atoms with E-state index in [1.54, 1.807) is 15.7 Å². The molecule has 1 atom stereocenters. The lowest BCUT2D eigenvalue weighted by atomic mass is 10.0. The molecule has 6 heteroatoms. The van der Waals surface area contributed by atoms with Crippen molar-refractivity contribution in [3.05, 3.63) is 0 Å². The molecule has 1 aliphatic rings. The van der Waals surface area contributed by atoms with Crippen molar-refractivity contribution in [1.29, 1.82) is 0 Å². The molecule has 0 aromatic rings. The molecule has 0 bridgehead atoms. The van der Waals surface area contributed by atoms with E-state index >= 15 is 0 Å². The Morgan fingerprint density at radius 2 is 1.86 bits per heavy atom. The third-order valence-electron chi connectivity index (χ3n) is 4.45. The maximum Gasteiger partial charge on any atom is 0.282 e. The minimum atomic E-state index is -3.36. The second-order valence-electron chi connectivity index (χ2n) is 6.32. The lowest BCUT2D eigenvalue weighted by Crippen LogP contribution is -2.54. The normalized spacial score (nSPS) is 21.6. The first-order chi connectivity index (χ1) is 9.84. The van der Waals surface area contributed by atoms with Crippen LogP contribution in [0.15, 0.2) is 0 Å². The summed E-state index contributed by atoms with van der Waals surface area (Å²) in [5, 5.41) is 3.39. The van der Waals surface area contributed by atoms with Crippen LogP contribution in [-0.4, -0.2) is 55.3 Å². The summed E-state index contributed by atoms with van der Waals surface area (Å²) >= 11 is 0. The van der Waals surface area contributed by atoms with E-state index in [2.05, 4.69) is 19.2 Å². The average Bonchev–Trinajstić information content (AvgIpc) is 2.46. The van der Waals surface area contributed by atoms with Crippen molar-refractivity contribution in [3.63, 3.8) is 0 Å². The molecule has 0 aromatic carbocycles. The highest BCUT2D eigenvalue weighted by molar-refractivity contribution is 7.86. The van der Waals surface area contributed by atoms with Crippen LogP contribution in [0.5, 0.6) is 0 Å². The standard InChI is InChI=1S/C15H33N3O2S/c1-6-14(7-2)17(5)21(19,20)18-11-9-8-10-15(18)12-16-13(3)4/h13-16H,6-12H2,1-5H3. The van der Waals surface area contributed by atoms with Crippen LogP contribution in [-0.2, 0) is 10.2 Å². The molecule has 0 amide bonds. The van der Waals surface area contributed by atoms with E-state index in [1.807, 2.05) is 13.8 Å². The van der Waals surface area contributed by atoms with Gasteiger partial charge in [-0.05, 0) is 25.7 Å². The lowest BCUT2D eigenvalue weighted by Gasteiger charge is -2.39. The molecular weight excluding hydrogens is 286 g/mol. The van der Waals surface area contributed by atoms with E-state index < -0.39 is 10.2 Å². The van der Waals surface area contributed by atoms with Crippen LogP contribution in [0.25, 0.3) is 0 Å². The minimum absolute atomic E-state index is 0.0861. The molecule has 0 radical (unpaired) electrons. The van der Waals surface area contributed by atoms with E-state index in [-0.39, 0.29) is 12.1 Å². The smallest absolute Gasteiger partial charge is 0.282 e. The molecule has 5 nitrogen and oxygen atoms in total. The number of hydrogen-bond acceptors (Lipinski definition) is 3. The Bertz CT molecular complexity index is 394. The van der Waals surface area contributed by atoms with Crippen LogP contribution in [0, 0.1) is 0 Å². The first-order valence-electron chi connectivity index (χ1n) is 8.32. The van der Waals surface area contributed by atoms with Gasteiger partial charge in [-0.1, -0.05) is 34.1 Å². The first-order valence-corrected chi connectivity index (χ1v) is 9.72. The van der Waals surface area contributed by atoms with Gasteiger partial charge in [0, 0.05) is 38.3 Å². The second kappa shape index (κ2) is 8.46. The van der Waals surface area contributed by atoms with Gasteiger partial charge in [0.2, 0.25) is 0 Å². The third kappa shape index (κ3) is 4.91. The number of nitrogens with one attached hydrogen (secondary N) is 1. The van der Waals surface area contributed by atoms with Gasteiger partial charge in [0.25, 0.3) is 10.2 Å². The minimum Gasteiger partial charge on any atom is -0.313 e. The summed E-state index contributed by atoms with van der Waals surface area (Å²) in [4.78, 5) is 0. The van der Waals surface area contributed by atoms with Crippen molar-refractivity contribution >= 4 is 10.2 Å². The molecule has 21 heavy (non-hydrogen) atoms. The zero-order chi connectivity index (χ0) is 16.0. The monoisotopic (exact) mass is 319 g/mol. The number of nitrogens with zero attached hydrogens (tertiary/aromatic N) is 2. The summed E-state index contributed by atoms with van der Waals surface area (Å²) in [6.07, 6.45) is 4.75. The third-order valence-corrected chi connectivity index (χ3v) is 6.55. The summed E-state index contributed by atoms with van der Waals surface area (Å²) in [6.45, 7) is 9.68. The fraction of sp³-hybridized carbons (Fsp3) is 1.00. The Kier molecular flexibility index (Phi) is 7.60. The van der Waals surface area contributed by atoms with E-state index in [0.29, 0.717) is 12.6 Å². The quantitative estimate of drug-likeness (QED) is 0.746. The van der Waals surface area contributed by atoms with Gasteiger partial charge in [0.15, 0.2) is 0 Å². The molecule has 1 fully saturated rings. The van der Waals surface area contributed by atoms with Crippen molar-refractivity contribution in [1.82, 2.24) is 13.9 Å². The number of hydrogen-bond donors (Lipinski definition) is 1. The Morgan fingerprint density at radius 3 is 2.38 bits per heavy atom. The lowest BCUT2D eigenvalue weighted by molar-refractivity contribution is 0.217. The fourth-order valence-electron chi connectivity index (χ4n) is 3.01. The van der Waals surface area contributed by atoms with Gasteiger partial charge in [0.1, 0.15) is 0 Å². The number of rotatable bonds is 8. The maximum atomic E-state index is 12.9. The fourth-order valence-corrected chi connectivity index (χ4v) is 4.93. The Balaban J connectivity index is 2.86. The van der Waals surface area contributed by atoms with E-state index in [1.165, 1.54) is 0 Å². The predicted molar refractivity (Wildman–Crippen MR) is 88.5 cm³/mol. The summed E-state index contributed by atoms with van der Waals surface area (Å²) in [7, 11) is -1.63. The average molecular weight is 320 g/mol. The van der Waals surface area contributed by atoms with Crippen molar-refractivity contribution < 1.29 is 8.42 Å². The van der Waals surface area contributed by atoms with Gasteiger partial charge in [0.05, 0.1) is 0 Å². The Hall–Kier alpha value is -0.170. The maximum absolute atomic E-state index is 12.9. The van der Waals surface area contributed by atoms with E-state index in [4.69, 9.17) is 0 Å². The van der Waals surface area contributed by atoms with Crippen LogP contribution in [0.3, 0.4) is 0 Å². The molecule has 0 aromatic heterocycles. The molecule has 1 unspecified atom stereocenters. The molecule has 1 rings (SSSR count). The predicted octanol–water partition coefficient (Wildman–Crippen LogP) is 2.20. The highest BCUT2D eigenvalue weighted by Crippen LogP contribution is 2.24. The van der Waals surface area contributed by atoms with E-state index in [0.717, 1.165) is 38.6 Å². The SMILES string of the molecule is CCC(CC)N(C)S(=O)(=O)N1CCCCC1CNC(C)C. The van der Waals surface area contributed by atoms with Crippen LogP contribution in [0.2, 0.25) is 0 Å². The molecule has 1 saturated heterocycles. The molecule has 1 N–H and O–H groups in total. The highest BCUT2D eigenvalue weighted by Gasteiger charge is 2.36. The van der Waals surface area contributed by atoms with Crippen molar-refractivity contribution in [2.75, 3.05) is 20.1 Å².